The molecule has 9 heteroatoms. The fourth-order valence-corrected chi connectivity index (χ4v) is 2.82. The predicted molar refractivity (Wildman–Crippen MR) is 98.6 cm³/mol. The molecule has 0 aliphatic rings. The van der Waals surface area contributed by atoms with Crippen LogP contribution < -0.4 is 11.1 Å². The molecule has 3 N–H and O–H groups in total. The number of rotatable bonds is 6. The van der Waals surface area contributed by atoms with Crippen molar-refractivity contribution >= 4 is 29.3 Å². The minimum Gasteiger partial charge on any atom is -0.411 e. The van der Waals surface area contributed by atoms with Gasteiger partial charge in [-0.2, -0.15) is 0 Å². The number of carbonyl (C=O) groups is 2. The van der Waals surface area contributed by atoms with Crippen molar-refractivity contribution in [1.29, 1.82) is 0 Å². The van der Waals surface area contributed by atoms with E-state index < -0.39 is 11.2 Å². The van der Waals surface area contributed by atoms with E-state index in [-0.39, 0.29) is 22.8 Å². The van der Waals surface area contributed by atoms with Gasteiger partial charge in [0.15, 0.2) is 0 Å². The van der Waals surface area contributed by atoms with E-state index in [4.69, 9.17) is 10.2 Å². The average Bonchev–Trinajstić information content (AvgIpc) is 3.11. The summed E-state index contributed by atoms with van der Waals surface area (Å²) in [6, 6.07) is 11.9. The summed E-state index contributed by atoms with van der Waals surface area (Å²) < 4.78 is 18.5. The van der Waals surface area contributed by atoms with Crippen LogP contribution in [0.25, 0.3) is 11.5 Å². The quantitative estimate of drug-likeness (QED) is 0.630. The highest BCUT2D eigenvalue weighted by atomic mass is 32.2. The van der Waals surface area contributed by atoms with Gasteiger partial charge in [0.05, 0.1) is 5.25 Å². The van der Waals surface area contributed by atoms with Crippen LogP contribution >= 0.6 is 11.8 Å². The van der Waals surface area contributed by atoms with Gasteiger partial charge in [-0.3, -0.25) is 9.59 Å². The molecule has 0 saturated heterocycles. The second kappa shape index (κ2) is 8.00. The third-order valence-electron chi connectivity index (χ3n) is 3.58. The van der Waals surface area contributed by atoms with Crippen LogP contribution in [0, 0.1) is 5.82 Å². The Morgan fingerprint density at radius 2 is 1.78 bits per heavy atom. The Bertz CT molecular complexity index is 957. The second-order valence-corrected chi connectivity index (χ2v) is 6.86. The molecule has 1 atom stereocenters. The Balaban J connectivity index is 1.61. The molecule has 0 bridgehead atoms. The maximum Gasteiger partial charge on any atom is 0.277 e. The molecular formula is C18H15FN4O3S. The number of thioether (sulfide) groups is 1. The lowest BCUT2D eigenvalue weighted by atomic mass is 10.2. The number of hydrogen-bond acceptors (Lipinski definition) is 6. The number of hydrogen-bond donors (Lipinski definition) is 2. The van der Waals surface area contributed by atoms with Crippen LogP contribution in [0.4, 0.5) is 10.1 Å². The Morgan fingerprint density at radius 1 is 1.11 bits per heavy atom. The summed E-state index contributed by atoms with van der Waals surface area (Å²) in [7, 11) is 0. The van der Waals surface area contributed by atoms with Crippen molar-refractivity contribution in [3.63, 3.8) is 0 Å². The first-order valence-corrected chi connectivity index (χ1v) is 8.77. The summed E-state index contributed by atoms with van der Waals surface area (Å²) in [6.45, 7) is 1.69. The SMILES string of the molecule is C[C@@H](Sc1nnc(-c2ccc(F)cc2)o1)C(=O)Nc1ccc(C(N)=O)cc1. The summed E-state index contributed by atoms with van der Waals surface area (Å²) >= 11 is 1.10. The average molecular weight is 386 g/mol. The first-order valence-electron chi connectivity index (χ1n) is 7.89. The van der Waals surface area contributed by atoms with Gasteiger partial charge in [0, 0.05) is 16.8 Å². The molecule has 2 amide bonds. The Hall–Kier alpha value is -3.20. The van der Waals surface area contributed by atoms with E-state index in [1.165, 1.54) is 36.4 Å². The zero-order valence-electron chi connectivity index (χ0n) is 14.2. The number of amides is 2. The van der Waals surface area contributed by atoms with Crippen molar-refractivity contribution in [1.82, 2.24) is 10.2 Å². The van der Waals surface area contributed by atoms with Gasteiger partial charge < -0.3 is 15.5 Å². The molecule has 3 aromatic rings. The van der Waals surface area contributed by atoms with Gasteiger partial charge >= 0.3 is 0 Å². The van der Waals surface area contributed by atoms with Crippen LogP contribution in [0.1, 0.15) is 17.3 Å². The normalized spacial score (nSPS) is 11.8. The van der Waals surface area contributed by atoms with Crippen molar-refractivity contribution in [2.24, 2.45) is 5.73 Å². The molecule has 0 fully saturated rings. The monoisotopic (exact) mass is 386 g/mol. The van der Waals surface area contributed by atoms with Crippen LogP contribution in [-0.2, 0) is 4.79 Å². The van der Waals surface area contributed by atoms with Crippen LogP contribution in [0.2, 0.25) is 0 Å². The van der Waals surface area contributed by atoms with Crippen LogP contribution in [-0.4, -0.2) is 27.3 Å². The largest absolute Gasteiger partial charge is 0.411 e. The Labute approximate surface area is 158 Å². The lowest BCUT2D eigenvalue weighted by Crippen LogP contribution is -2.22. The number of anilines is 1. The molecule has 0 saturated carbocycles. The number of primary amides is 1. The fraction of sp³-hybridized carbons (Fsp3) is 0.111. The van der Waals surface area contributed by atoms with Crippen molar-refractivity contribution in [3.8, 4) is 11.5 Å². The summed E-state index contributed by atoms with van der Waals surface area (Å²) in [6.07, 6.45) is 0. The first kappa shape index (κ1) is 18.6. The van der Waals surface area contributed by atoms with E-state index >= 15 is 0 Å². The topological polar surface area (TPSA) is 111 Å². The number of nitrogens with zero attached hydrogens (tertiary/aromatic N) is 2. The second-order valence-electron chi connectivity index (χ2n) is 5.57. The number of benzene rings is 2. The molecule has 0 aliphatic carbocycles. The molecule has 2 aromatic carbocycles. The van der Waals surface area contributed by atoms with E-state index in [1.807, 2.05) is 0 Å². The molecule has 0 radical (unpaired) electrons. The Morgan fingerprint density at radius 3 is 2.41 bits per heavy atom. The molecule has 7 nitrogen and oxygen atoms in total. The van der Waals surface area contributed by atoms with Gasteiger partial charge in [-0.1, -0.05) is 11.8 Å². The molecule has 1 heterocycles. The molecular weight excluding hydrogens is 371 g/mol. The van der Waals surface area contributed by atoms with Crippen LogP contribution in [0.3, 0.4) is 0 Å². The number of nitrogens with two attached hydrogens (primary N) is 1. The maximum absolute atomic E-state index is 13.0. The smallest absolute Gasteiger partial charge is 0.277 e. The lowest BCUT2D eigenvalue weighted by molar-refractivity contribution is -0.115. The van der Waals surface area contributed by atoms with Crippen LogP contribution in [0.15, 0.2) is 58.2 Å². The van der Waals surface area contributed by atoms with Crippen molar-refractivity contribution in [2.75, 3.05) is 5.32 Å². The minimum absolute atomic E-state index is 0.223. The molecule has 1 aromatic heterocycles. The summed E-state index contributed by atoms with van der Waals surface area (Å²) in [5.74, 6) is -0.923. The minimum atomic E-state index is -0.537. The standard InChI is InChI=1S/C18H15FN4O3S/c1-10(16(25)21-14-8-4-11(5-9-14)15(20)24)27-18-23-22-17(26-18)12-2-6-13(19)7-3-12/h2-10H,1H3,(H2,20,24)(H,21,25)/t10-/m1/s1. The molecule has 27 heavy (non-hydrogen) atoms. The summed E-state index contributed by atoms with van der Waals surface area (Å²) in [5, 5.41) is 10.2. The molecule has 0 aliphatic heterocycles. The van der Waals surface area contributed by atoms with Crippen molar-refractivity contribution in [3.05, 3.63) is 59.9 Å². The highest BCUT2D eigenvalue weighted by molar-refractivity contribution is 8.00. The zero-order valence-corrected chi connectivity index (χ0v) is 15.0. The molecule has 138 valence electrons. The van der Waals surface area contributed by atoms with E-state index in [9.17, 15) is 14.0 Å². The lowest BCUT2D eigenvalue weighted by Gasteiger charge is -2.10. The van der Waals surface area contributed by atoms with Gasteiger partial charge in [0.25, 0.3) is 5.22 Å². The third-order valence-corrected chi connectivity index (χ3v) is 4.52. The zero-order chi connectivity index (χ0) is 19.4. The fourth-order valence-electron chi connectivity index (χ4n) is 2.13. The number of nitrogens with one attached hydrogen (secondary N) is 1. The highest BCUT2D eigenvalue weighted by Crippen LogP contribution is 2.27. The van der Waals surface area contributed by atoms with E-state index in [2.05, 4.69) is 15.5 Å². The molecule has 0 unspecified atom stereocenters. The van der Waals surface area contributed by atoms with Crippen LogP contribution in [0.5, 0.6) is 0 Å². The van der Waals surface area contributed by atoms with E-state index in [0.29, 0.717) is 16.8 Å². The number of halogens is 1. The number of carbonyl (C=O) groups excluding carboxylic acids is 2. The van der Waals surface area contributed by atoms with Gasteiger partial charge in [-0.05, 0) is 55.5 Å². The van der Waals surface area contributed by atoms with Crippen molar-refractivity contribution in [2.45, 2.75) is 17.4 Å². The van der Waals surface area contributed by atoms with E-state index in [0.717, 1.165) is 11.8 Å². The summed E-state index contributed by atoms with van der Waals surface area (Å²) in [4.78, 5) is 23.4. The van der Waals surface area contributed by atoms with Gasteiger partial charge in [-0.25, -0.2) is 4.39 Å². The first-order chi connectivity index (χ1) is 12.9. The third kappa shape index (κ3) is 4.70. The molecule has 3 rings (SSSR count). The van der Waals surface area contributed by atoms with E-state index in [1.54, 1.807) is 19.1 Å². The number of aromatic nitrogens is 2. The van der Waals surface area contributed by atoms with Gasteiger partial charge in [0.2, 0.25) is 17.7 Å². The summed E-state index contributed by atoms with van der Waals surface area (Å²) in [5.41, 5.74) is 6.66. The molecule has 0 spiro atoms. The van der Waals surface area contributed by atoms with Crippen molar-refractivity contribution < 1.29 is 18.4 Å². The predicted octanol–water partition coefficient (Wildman–Crippen LogP) is 3.09. The van der Waals surface area contributed by atoms with Gasteiger partial charge in [0.1, 0.15) is 5.82 Å². The Kier molecular flexibility index (Phi) is 5.51. The highest BCUT2D eigenvalue weighted by Gasteiger charge is 2.19. The maximum atomic E-state index is 13.0. The van der Waals surface area contributed by atoms with Gasteiger partial charge in [-0.15, -0.1) is 10.2 Å².